The number of pyridine rings is 1. The first kappa shape index (κ1) is 36.7. The molecule has 0 radical (unpaired) electrons. The number of nitrogens with zero attached hydrogens (tertiary/aromatic N) is 2. The standard InChI is InChI=1S/C34H37F3N4O8/c1-34(2,3)49-33(46)41-17-23(48-18-27(41)31(43)44)13-14-24-25(37)15-38-16-26(24)39-30(42)29(40-32(45)47-4)28(19-5-9-21(35)10-6-19)20-7-11-22(36)12-8-20/h5-12,15-16,23,27-29H,13-14,17-18H2,1-4H3,(H,39,42)(H,40,45)(H,43,44)/t23-,27?,29?/m1/s1. The molecule has 3 aromatic rings. The fourth-order valence-electron chi connectivity index (χ4n) is 5.36. The summed E-state index contributed by atoms with van der Waals surface area (Å²) in [6.07, 6.45) is -0.298. The first-order chi connectivity index (χ1) is 23.2. The number of morpholine rings is 1. The van der Waals surface area contributed by atoms with Gasteiger partial charge in [0.2, 0.25) is 5.91 Å². The molecule has 2 aromatic carbocycles. The lowest BCUT2D eigenvalue weighted by molar-refractivity contribution is -0.153. The smallest absolute Gasteiger partial charge is 0.411 e. The minimum atomic E-state index is -1.43. The van der Waals surface area contributed by atoms with Crippen molar-refractivity contribution in [1.82, 2.24) is 15.2 Å². The van der Waals surface area contributed by atoms with Crippen LogP contribution < -0.4 is 10.6 Å². The molecule has 2 heterocycles. The molecule has 4 rings (SSSR count). The van der Waals surface area contributed by atoms with Crippen molar-refractivity contribution >= 4 is 29.8 Å². The SMILES string of the molecule is COC(=O)NC(C(=O)Nc1cncc(F)c1CC[C@@H]1CN(C(=O)OC(C)(C)C)C(C(=O)O)CO1)C(c1ccc(F)cc1)c1ccc(F)cc1. The third-order valence-electron chi connectivity index (χ3n) is 7.69. The molecule has 1 aliphatic heterocycles. The van der Waals surface area contributed by atoms with Crippen LogP contribution in [0.25, 0.3) is 0 Å². The van der Waals surface area contributed by atoms with Crippen molar-refractivity contribution < 1.29 is 51.7 Å². The van der Waals surface area contributed by atoms with E-state index >= 15 is 4.39 Å². The number of carboxylic acid groups (broad SMARTS) is 1. The van der Waals surface area contributed by atoms with Gasteiger partial charge in [0.15, 0.2) is 6.04 Å². The Morgan fingerprint density at radius 2 is 1.59 bits per heavy atom. The van der Waals surface area contributed by atoms with Crippen molar-refractivity contribution in [2.24, 2.45) is 0 Å². The number of aromatic nitrogens is 1. The van der Waals surface area contributed by atoms with Crippen molar-refractivity contribution in [2.45, 2.75) is 63.3 Å². The number of methoxy groups -OCH3 is 1. The first-order valence-electron chi connectivity index (χ1n) is 15.3. The van der Waals surface area contributed by atoms with Crippen molar-refractivity contribution in [1.29, 1.82) is 0 Å². The van der Waals surface area contributed by atoms with E-state index in [1.807, 2.05) is 0 Å². The number of carbonyl (C=O) groups excluding carboxylic acids is 3. The quantitative estimate of drug-likeness (QED) is 0.267. The Hall–Kier alpha value is -5.18. The van der Waals surface area contributed by atoms with Gasteiger partial charge in [-0.1, -0.05) is 24.3 Å². The number of ether oxygens (including phenoxy) is 3. The number of carboxylic acids is 1. The fourth-order valence-corrected chi connectivity index (χ4v) is 5.36. The molecule has 15 heteroatoms. The molecule has 0 spiro atoms. The summed E-state index contributed by atoms with van der Waals surface area (Å²) in [6.45, 7) is 4.47. The number of rotatable bonds is 10. The topological polar surface area (TPSA) is 156 Å². The summed E-state index contributed by atoms with van der Waals surface area (Å²) in [5.41, 5.74) is -0.111. The van der Waals surface area contributed by atoms with Gasteiger partial charge in [-0.3, -0.25) is 14.7 Å². The van der Waals surface area contributed by atoms with Crippen LogP contribution in [0.3, 0.4) is 0 Å². The second kappa shape index (κ2) is 15.8. The van der Waals surface area contributed by atoms with E-state index in [1.165, 1.54) is 54.7 Å². The molecular formula is C34H37F3N4O8. The van der Waals surface area contributed by atoms with E-state index in [2.05, 4.69) is 15.6 Å². The molecule has 1 fully saturated rings. The highest BCUT2D eigenvalue weighted by Gasteiger charge is 2.39. The number of benzene rings is 2. The number of alkyl carbamates (subject to hydrolysis) is 1. The Bertz CT molecular complexity index is 1610. The van der Waals surface area contributed by atoms with Gasteiger partial charge in [-0.2, -0.15) is 0 Å². The van der Waals surface area contributed by atoms with Crippen molar-refractivity contribution in [3.05, 3.63) is 95.1 Å². The Balaban J connectivity index is 1.60. The average Bonchev–Trinajstić information content (AvgIpc) is 3.04. The van der Waals surface area contributed by atoms with Gasteiger partial charge in [-0.05, 0) is 69.0 Å². The maximum Gasteiger partial charge on any atom is 0.411 e. The normalized spacial score (nSPS) is 16.9. The number of anilines is 1. The predicted octanol–water partition coefficient (Wildman–Crippen LogP) is 5.02. The van der Waals surface area contributed by atoms with Crippen molar-refractivity contribution in [2.75, 3.05) is 25.6 Å². The highest BCUT2D eigenvalue weighted by molar-refractivity contribution is 5.98. The van der Waals surface area contributed by atoms with E-state index in [0.717, 1.165) is 18.2 Å². The first-order valence-corrected chi connectivity index (χ1v) is 15.3. The monoisotopic (exact) mass is 686 g/mol. The number of amides is 3. The summed E-state index contributed by atoms with van der Waals surface area (Å²) < 4.78 is 58.8. The van der Waals surface area contributed by atoms with Gasteiger partial charge in [-0.15, -0.1) is 0 Å². The van der Waals surface area contributed by atoms with Crippen LogP contribution in [0.5, 0.6) is 0 Å². The van der Waals surface area contributed by atoms with Crippen LogP contribution in [0.4, 0.5) is 28.4 Å². The van der Waals surface area contributed by atoms with Crippen LogP contribution in [0, 0.1) is 17.5 Å². The third-order valence-corrected chi connectivity index (χ3v) is 7.69. The Morgan fingerprint density at radius 1 is 1.00 bits per heavy atom. The molecule has 1 aromatic heterocycles. The molecular weight excluding hydrogens is 649 g/mol. The van der Waals surface area contributed by atoms with Crippen molar-refractivity contribution in [3.63, 3.8) is 0 Å². The lowest BCUT2D eigenvalue weighted by Gasteiger charge is -2.38. The van der Waals surface area contributed by atoms with Gasteiger partial charge in [0, 0.05) is 11.5 Å². The lowest BCUT2D eigenvalue weighted by Crippen LogP contribution is -2.56. The molecule has 0 aliphatic carbocycles. The summed E-state index contributed by atoms with van der Waals surface area (Å²) >= 11 is 0. The molecule has 3 atom stereocenters. The van der Waals surface area contributed by atoms with Crippen LogP contribution >= 0.6 is 0 Å². The van der Waals surface area contributed by atoms with E-state index in [0.29, 0.717) is 11.1 Å². The predicted molar refractivity (Wildman–Crippen MR) is 169 cm³/mol. The summed E-state index contributed by atoms with van der Waals surface area (Å²) in [5.74, 6) is -4.95. The number of hydrogen-bond donors (Lipinski definition) is 3. The van der Waals surface area contributed by atoms with Gasteiger partial charge in [0.25, 0.3) is 0 Å². The van der Waals surface area contributed by atoms with Crippen LogP contribution in [-0.4, -0.2) is 83.1 Å². The van der Waals surface area contributed by atoms with Crippen LogP contribution in [-0.2, 0) is 30.2 Å². The molecule has 1 aliphatic rings. The van der Waals surface area contributed by atoms with E-state index in [-0.39, 0.29) is 37.2 Å². The maximum absolute atomic E-state index is 15.3. The number of carbonyl (C=O) groups is 4. The highest BCUT2D eigenvalue weighted by Crippen LogP contribution is 2.31. The number of halogens is 3. The molecule has 1 saturated heterocycles. The molecule has 49 heavy (non-hydrogen) atoms. The Labute approximate surface area is 280 Å². The molecule has 0 bridgehead atoms. The zero-order chi connectivity index (χ0) is 35.9. The average molecular weight is 687 g/mol. The number of nitrogens with one attached hydrogen (secondary N) is 2. The molecule has 262 valence electrons. The van der Waals surface area contributed by atoms with Gasteiger partial charge >= 0.3 is 18.2 Å². The second-order valence-electron chi connectivity index (χ2n) is 12.3. The number of aliphatic carboxylic acids is 1. The zero-order valence-electron chi connectivity index (χ0n) is 27.2. The second-order valence-corrected chi connectivity index (χ2v) is 12.3. The summed E-state index contributed by atoms with van der Waals surface area (Å²) in [4.78, 5) is 56.0. The Kier molecular flexibility index (Phi) is 11.8. The summed E-state index contributed by atoms with van der Waals surface area (Å²) in [6, 6.07) is 7.62. The van der Waals surface area contributed by atoms with E-state index in [9.17, 15) is 33.1 Å². The van der Waals surface area contributed by atoms with Crippen LogP contribution in [0.2, 0.25) is 0 Å². The lowest BCUT2D eigenvalue weighted by atomic mass is 9.84. The fraction of sp³-hybridized carbons (Fsp3) is 0.382. The van der Waals surface area contributed by atoms with Gasteiger partial charge < -0.3 is 30.0 Å². The third kappa shape index (κ3) is 9.69. The van der Waals surface area contributed by atoms with Gasteiger partial charge in [0.1, 0.15) is 29.1 Å². The van der Waals surface area contributed by atoms with Crippen molar-refractivity contribution in [3.8, 4) is 0 Å². The highest BCUT2D eigenvalue weighted by atomic mass is 19.1. The Morgan fingerprint density at radius 3 is 2.12 bits per heavy atom. The molecule has 3 N–H and O–H groups in total. The molecule has 2 unspecified atom stereocenters. The number of hydrogen-bond acceptors (Lipinski definition) is 8. The molecule has 12 nitrogen and oxygen atoms in total. The van der Waals surface area contributed by atoms with Gasteiger partial charge in [-0.25, -0.2) is 27.6 Å². The summed E-state index contributed by atoms with van der Waals surface area (Å²) in [5, 5.41) is 14.7. The van der Waals surface area contributed by atoms with Crippen LogP contribution in [0.15, 0.2) is 60.9 Å². The zero-order valence-corrected chi connectivity index (χ0v) is 27.2. The van der Waals surface area contributed by atoms with E-state index < -0.39 is 71.2 Å². The maximum atomic E-state index is 15.3. The molecule has 0 saturated carbocycles. The van der Waals surface area contributed by atoms with E-state index in [4.69, 9.17) is 14.2 Å². The van der Waals surface area contributed by atoms with Crippen LogP contribution in [0.1, 0.15) is 49.8 Å². The summed E-state index contributed by atoms with van der Waals surface area (Å²) in [7, 11) is 1.10. The molecule has 3 amide bonds. The van der Waals surface area contributed by atoms with Gasteiger partial charge in [0.05, 0.1) is 44.4 Å². The van der Waals surface area contributed by atoms with E-state index in [1.54, 1.807) is 20.8 Å². The largest absolute Gasteiger partial charge is 0.480 e. The minimum absolute atomic E-state index is 0.0214. The minimum Gasteiger partial charge on any atom is -0.480 e.